The van der Waals surface area contributed by atoms with E-state index in [-0.39, 0.29) is 18.4 Å². The number of carbonyl (C=O) groups excluding carboxylic acids is 1. The number of amides is 1. The average molecular weight is 530 g/mol. The maximum atomic E-state index is 13.1. The molecule has 0 saturated heterocycles. The van der Waals surface area contributed by atoms with Crippen molar-refractivity contribution in [3.63, 3.8) is 0 Å². The Morgan fingerprint density at radius 3 is 2.33 bits per heavy atom. The van der Waals surface area contributed by atoms with Crippen LogP contribution >= 0.6 is 0 Å². The summed E-state index contributed by atoms with van der Waals surface area (Å²) in [5.74, 6) is 1.64. The largest absolute Gasteiger partial charge is 0.457 e. The summed E-state index contributed by atoms with van der Waals surface area (Å²) in [7, 11) is 0. The maximum absolute atomic E-state index is 13.1. The molecule has 4 rings (SSSR count). The normalized spacial score (nSPS) is 12.1. The summed E-state index contributed by atoms with van der Waals surface area (Å²) in [5, 5.41) is 34.7. The average Bonchev–Trinajstić information content (AvgIpc) is 3.47. The number of hydrogen-bond acceptors (Lipinski definition) is 7. The van der Waals surface area contributed by atoms with E-state index >= 15 is 0 Å². The Bertz CT molecular complexity index is 1320. The summed E-state index contributed by atoms with van der Waals surface area (Å²) >= 11 is 0. The highest BCUT2D eigenvalue weighted by molar-refractivity contribution is 5.82. The fourth-order valence-electron chi connectivity index (χ4n) is 4.60. The first-order valence-electron chi connectivity index (χ1n) is 13.2. The van der Waals surface area contributed by atoms with Crippen molar-refractivity contribution in [1.29, 1.82) is 0 Å². The molecule has 0 radical (unpaired) electrons. The van der Waals surface area contributed by atoms with Gasteiger partial charge in [-0.25, -0.2) is 0 Å². The van der Waals surface area contributed by atoms with Crippen LogP contribution in [0.2, 0.25) is 0 Å². The molecule has 0 fully saturated rings. The Balaban J connectivity index is 1.64. The number of rotatable bonds is 12. The molecular formula is C30H35N5O4. The minimum Gasteiger partial charge on any atom is -0.457 e. The number of carbonyl (C=O) groups is 1. The number of aliphatic hydroxyl groups is 2. The first-order valence-corrected chi connectivity index (χ1v) is 13.2. The molecule has 0 aliphatic carbocycles. The fraction of sp³-hybridized carbons (Fsp3) is 0.333. The molecular weight excluding hydrogens is 494 g/mol. The second kappa shape index (κ2) is 13.1. The van der Waals surface area contributed by atoms with Gasteiger partial charge in [0.25, 0.3) is 0 Å². The number of H-pyrrole nitrogens is 1. The summed E-state index contributed by atoms with van der Waals surface area (Å²) in [6.45, 7) is 6.08. The van der Waals surface area contributed by atoms with E-state index in [1.165, 1.54) is 0 Å². The van der Waals surface area contributed by atoms with Crippen LogP contribution in [0.25, 0.3) is 22.5 Å². The molecule has 4 aromatic rings. The first kappa shape index (κ1) is 27.9. The highest BCUT2D eigenvalue weighted by Crippen LogP contribution is 2.35. The zero-order valence-corrected chi connectivity index (χ0v) is 22.5. The lowest BCUT2D eigenvalue weighted by Gasteiger charge is -2.36. The van der Waals surface area contributed by atoms with E-state index in [4.69, 9.17) is 4.74 Å². The summed E-state index contributed by atoms with van der Waals surface area (Å²) < 4.78 is 6.06. The number of para-hydroxylation sites is 1. The second-order valence-electron chi connectivity index (χ2n) is 9.83. The number of benzene rings is 3. The molecule has 0 aliphatic rings. The highest BCUT2D eigenvalue weighted by Gasteiger charge is 2.31. The molecule has 1 heterocycles. The van der Waals surface area contributed by atoms with Crippen molar-refractivity contribution < 1.29 is 19.7 Å². The van der Waals surface area contributed by atoms with E-state index in [1.807, 2.05) is 93.6 Å². The maximum Gasteiger partial charge on any atom is 0.223 e. The Morgan fingerprint density at radius 2 is 1.72 bits per heavy atom. The van der Waals surface area contributed by atoms with Gasteiger partial charge in [-0.2, -0.15) is 5.21 Å². The number of aliphatic hydroxyl groups excluding tert-OH is 1. The van der Waals surface area contributed by atoms with Gasteiger partial charge in [-0.05, 0) is 64.6 Å². The van der Waals surface area contributed by atoms with Crippen molar-refractivity contribution in [2.45, 2.75) is 58.9 Å². The SMILES string of the molecule is CCCCC(=O)N(Cc1ccc(-c2cc(Oc3ccccc3)ccc2-c2nn[nH]n2)cc1)[C@@H](C(C)C)C(O)O. The second-order valence-corrected chi connectivity index (χ2v) is 9.83. The number of hydrogen-bond donors (Lipinski definition) is 3. The van der Waals surface area contributed by atoms with Crippen LogP contribution in [0.4, 0.5) is 0 Å². The topological polar surface area (TPSA) is 124 Å². The van der Waals surface area contributed by atoms with Gasteiger partial charge in [0.15, 0.2) is 6.29 Å². The third-order valence-corrected chi connectivity index (χ3v) is 6.59. The van der Waals surface area contributed by atoms with E-state index in [0.29, 0.717) is 18.0 Å². The lowest BCUT2D eigenvalue weighted by molar-refractivity contribution is -0.153. The molecule has 3 N–H and O–H groups in total. The van der Waals surface area contributed by atoms with Crippen molar-refractivity contribution in [1.82, 2.24) is 25.5 Å². The molecule has 0 aliphatic heterocycles. The summed E-state index contributed by atoms with van der Waals surface area (Å²) in [6, 6.07) is 22.4. The minimum absolute atomic E-state index is 0.0853. The molecule has 1 amide bonds. The van der Waals surface area contributed by atoms with E-state index in [9.17, 15) is 15.0 Å². The molecule has 0 unspecified atom stereocenters. The van der Waals surface area contributed by atoms with Crippen LogP contribution < -0.4 is 4.74 Å². The van der Waals surface area contributed by atoms with Gasteiger partial charge in [0.2, 0.25) is 11.7 Å². The standard InChI is InChI=1S/C30H35N5O4/c1-4-5-11-27(36)35(28(20(2)3)30(37)38)19-21-12-14-22(15-13-21)26-18-24(39-23-9-7-6-8-10-23)16-17-25(26)29-31-33-34-32-29/h6-10,12-18,20,28,30,37-38H,4-5,11,19H2,1-3H3,(H,31,32,33,34)/t28-/m0/s1. The summed E-state index contributed by atoms with van der Waals surface area (Å²) in [5.41, 5.74) is 3.44. The fourth-order valence-corrected chi connectivity index (χ4v) is 4.60. The van der Waals surface area contributed by atoms with Gasteiger partial charge in [-0.15, -0.1) is 10.2 Å². The van der Waals surface area contributed by atoms with Crippen molar-refractivity contribution >= 4 is 5.91 Å². The molecule has 0 spiro atoms. The van der Waals surface area contributed by atoms with Crippen LogP contribution in [0.5, 0.6) is 11.5 Å². The van der Waals surface area contributed by atoms with Crippen LogP contribution in [0, 0.1) is 5.92 Å². The number of tetrazole rings is 1. The smallest absolute Gasteiger partial charge is 0.223 e. The number of ether oxygens (including phenoxy) is 1. The predicted molar refractivity (Wildman–Crippen MR) is 148 cm³/mol. The number of aromatic nitrogens is 4. The van der Waals surface area contributed by atoms with E-state index < -0.39 is 12.3 Å². The number of nitrogens with zero attached hydrogens (tertiary/aromatic N) is 4. The summed E-state index contributed by atoms with van der Waals surface area (Å²) in [4.78, 5) is 14.7. The van der Waals surface area contributed by atoms with Crippen LogP contribution in [0.15, 0.2) is 72.8 Å². The van der Waals surface area contributed by atoms with E-state index in [1.54, 1.807) is 4.90 Å². The molecule has 9 nitrogen and oxygen atoms in total. The third kappa shape index (κ3) is 7.07. The number of aromatic amines is 1. The molecule has 0 saturated carbocycles. The molecule has 39 heavy (non-hydrogen) atoms. The van der Waals surface area contributed by atoms with Gasteiger partial charge in [-0.1, -0.05) is 69.7 Å². The van der Waals surface area contributed by atoms with Gasteiger partial charge in [0.05, 0.1) is 6.04 Å². The zero-order chi connectivity index (χ0) is 27.8. The Labute approximate surface area is 228 Å². The lowest BCUT2D eigenvalue weighted by Crippen LogP contribution is -2.49. The molecule has 3 aromatic carbocycles. The minimum atomic E-state index is -1.63. The first-order chi connectivity index (χ1) is 18.9. The number of nitrogens with one attached hydrogen (secondary N) is 1. The molecule has 9 heteroatoms. The zero-order valence-electron chi connectivity index (χ0n) is 22.5. The molecule has 204 valence electrons. The Kier molecular flexibility index (Phi) is 9.40. The van der Waals surface area contributed by atoms with Crippen molar-refractivity contribution in [2.75, 3.05) is 0 Å². The van der Waals surface area contributed by atoms with Gasteiger partial charge < -0.3 is 19.8 Å². The molecule has 0 bridgehead atoms. The Hall–Kier alpha value is -4.08. The van der Waals surface area contributed by atoms with Gasteiger partial charge >= 0.3 is 0 Å². The van der Waals surface area contributed by atoms with Crippen molar-refractivity contribution in [2.24, 2.45) is 5.92 Å². The van der Waals surface area contributed by atoms with Crippen LogP contribution in [-0.4, -0.2) is 54.0 Å². The predicted octanol–water partition coefficient (Wildman–Crippen LogP) is 5.18. The van der Waals surface area contributed by atoms with Crippen LogP contribution in [0.3, 0.4) is 0 Å². The van der Waals surface area contributed by atoms with Gasteiger partial charge in [0, 0.05) is 18.5 Å². The van der Waals surface area contributed by atoms with Crippen molar-refractivity contribution in [3.8, 4) is 34.0 Å². The van der Waals surface area contributed by atoms with Crippen molar-refractivity contribution in [3.05, 3.63) is 78.4 Å². The quantitative estimate of drug-likeness (QED) is 0.216. The monoisotopic (exact) mass is 529 g/mol. The van der Waals surface area contributed by atoms with E-state index in [0.717, 1.165) is 40.8 Å². The number of unbranched alkanes of at least 4 members (excludes halogenated alkanes) is 1. The summed E-state index contributed by atoms with van der Waals surface area (Å²) in [6.07, 6.45) is 0.380. The molecule has 1 atom stereocenters. The molecule has 1 aromatic heterocycles. The van der Waals surface area contributed by atoms with Crippen LogP contribution in [-0.2, 0) is 11.3 Å². The van der Waals surface area contributed by atoms with Gasteiger partial charge in [-0.3, -0.25) is 4.79 Å². The Morgan fingerprint density at radius 1 is 0.974 bits per heavy atom. The van der Waals surface area contributed by atoms with E-state index in [2.05, 4.69) is 20.6 Å². The third-order valence-electron chi connectivity index (χ3n) is 6.59. The lowest BCUT2D eigenvalue weighted by atomic mass is 9.97. The van der Waals surface area contributed by atoms with Crippen LogP contribution in [0.1, 0.15) is 45.6 Å². The van der Waals surface area contributed by atoms with Gasteiger partial charge in [0.1, 0.15) is 11.5 Å². The highest BCUT2D eigenvalue weighted by atomic mass is 16.5.